The minimum atomic E-state index is -1.12. The van der Waals surface area contributed by atoms with Crippen LogP contribution in [-0.2, 0) is 4.74 Å². The zero-order valence-corrected chi connectivity index (χ0v) is 14.7. The van der Waals surface area contributed by atoms with Gasteiger partial charge in [-0.15, -0.1) is 0 Å². The number of likely N-dealkylation sites (tertiary alicyclic amines) is 1. The molecule has 0 spiro atoms. The lowest BCUT2D eigenvalue weighted by molar-refractivity contribution is 0.0525. The Morgan fingerprint density at radius 1 is 1.42 bits per heavy atom. The number of carbonyl (C=O) groups excluding carboxylic acids is 2. The number of ether oxygens (including phenoxy) is 2. The van der Waals surface area contributed by atoms with Crippen LogP contribution in [-0.4, -0.2) is 85.4 Å². The topological polar surface area (TPSA) is 84.0 Å². The normalized spacial score (nSPS) is 23.0. The molecule has 2 saturated heterocycles. The number of methoxy groups -OCH3 is 1. The lowest BCUT2D eigenvalue weighted by atomic mass is 10.2. The van der Waals surface area contributed by atoms with E-state index in [1.807, 2.05) is 0 Å². The van der Waals surface area contributed by atoms with E-state index in [1.165, 1.54) is 18.2 Å². The monoisotopic (exact) mass is 366 g/mol. The number of rotatable bonds is 4. The number of urea groups is 1. The minimum Gasteiger partial charge on any atom is -0.480 e. The fourth-order valence-electron chi connectivity index (χ4n) is 3.26. The zero-order valence-electron chi connectivity index (χ0n) is 14.7. The van der Waals surface area contributed by atoms with Crippen LogP contribution in [0.15, 0.2) is 18.3 Å². The van der Waals surface area contributed by atoms with Crippen molar-refractivity contribution in [3.05, 3.63) is 23.9 Å². The van der Waals surface area contributed by atoms with Gasteiger partial charge in [0.05, 0.1) is 32.9 Å². The first-order chi connectivity index (χ1) is 12.6. The summed E-state index contributed by atoms with van der Waals surface area (Å²) in [6, 6.07) is 2.60. The zero-order chi connectivity index (χ0) is 18.5. The number of aromatic nitrogens is 1. The summed E-state index contributed by atoms with van der Waals surface area (Å²) in [5.74, 6) is -0.142. The van der Waals surface area contributed by atoms with E-state index in [1.54, 1.807) is 17.0 Å². The Morgan fingerprint density at radius 3 is 2.92 bits per heavy atom. The number of hydrogen-bond donors (Lipinski definition) is 1. The third kappa shape index (κ3) is 4.04. The number of amides is 3. The Balaban J connectivity index is 1.64. The standard InChI is InChI=1S/C17H23FN4O4/c1-25-15-14(3-2-4-19-15)16(23)22-11-12(18)9-13(22)10-20-17(24)21-5-7-26-8-6-21/h2-4,12-13H,5-11H2,1H3,(H,20,24). The van der Waals surface area contributed by atoms with E-state index in [4.69, 9.17) is 9.47 Å². The number of hydrogen-bond acceptors (Lipinski definition) is 5. The van der Waals surface area contributed by atoms with Crippen molar-refractivity contribution in [3.63, 3.8) is 0 Å². The van der Waals surface area contributed by atoms with E-state index in [9.17, 15) is 14.0 Å². The summed E-state index contributed by atoms with van der Waals surface area (Å²) >= 11 is 0. The molecular formula is C17H23FN4O4. The molecule has 26 heavy (non-hydrogen) atoms. The second-order valence-corrected chi connectivity index (χ2v) is 6.29. The number of morpholine rings is 1. The third-order valence-electron chi connectivity index (χ3n) is 4.61. The van der Waals surface area contributed by atoms with Gasteiger partial charge in [-0.2, -0.15) is 0 Å². The van der Waals surface area contributed by atoms with Crippen LogP contribution in [0.1, 0.15) is 16.8 Å². The minimum absolute atomic E-state index is 0.00499. The van der Waals surface area contributed by atoms with Gasteiger partial charge in [0.25, 0.3) is 5.91 Å². The summed E-state index contributed by atoms with van der Waals surface area (Å²) in [6.07, 6.45) is 0.599. The molecule has 2 unspecified atom stereocenters. The van der Waals surface area contributed by atoms with Crippen LogP contribution in [0.3, 0.4) is 0 Å². The molecule has 3 heterocycles. The predicted molar refractivity (Wildman–Crippen MR) is 90.9 cm³/mol. The molecule has 0 saturated carbocycles. The van der Waals surface area contributed by atoms with Crippen LogP contribution in [0.4, 0.5) is 9.18 Å². The smallest absolute Gasteiger partial charge is 0.317 e. The van der Waals surface area contributed by atoms with Crippen molar-refractivity contribution in [1.82, 2.24) is 20.1 Å². The summed E-state index contributed by atoms with van der Waals surface area (Å²) in [7, 11) is 1.43. The molecule has 0 aliphatic carbocycles. The van der Waals surface area contributed by atoms with Gasteiger partial charge in [0, 0.05) is 32.3 Å². The average molecular weight is 366 g/mol. The number of nitrogens with zero attached hydrogens (tertiary/aromatic N) is 3. The van der Waals surface area contributed by atoms with Crippen LogP contribution in [0.25, 0.3) is 0 Å². The maximum absolute atomic E-state index is 14.0. The fraction of sp³-hybridized carbons (Fsp3) is 0.588. The highest BCUT2D eigenvalue weighted by molar-refractivity contribution is 5.96. The van der Waals surface area contributed by atoms with Crippen molar-refractivity contribution >= 4 is 11.9 Å². The number of alkyl halides is 1. The number of pyridine rings is 1. The molecule has 3 rings (SSSR count). The fourth-order valence-corrected chi connectivity index (χ4v) is 3.26. The van der Waals surface area contributed by atoms with E-state index in [0.717, 1.165) is 0 Å². The molecule has 2 aliphatic heterocycles. The van der Waals surface area contributed by atoms with Gasteiger partial charge in [0.2, 0.25) is 5.88 Å². The SMILES string of the molecule is COc1ncccc1C(=O)N1CC(F)CC1CNC(=O)N1CCOCC1. The Morgan fingerprint density at radius 2 is 2.19 bits per heavy atom. The number of carbonyl (C=O) groups is 2. The van der Waals surface area contributed by atoms with Gasteiger partial charge >= 0.3 is 6.03 Å². The molecule has 8 nitrogen and oxygen atoms in total. The van der Waals surface area contributed by atoms with E-state index in [0.29, 0.717) is 26.3 Å². The largest absolute Gasteiger partial charge is 0.480 e. The predicted octanol–water partition coefficient (Wildman–Crippen LogP) is 0.685. The maximum atomic E-state index is 14.0. The summed E-state index contributed by atoms with van der Waals surface area (Å²) < 4.78 is 24.3. The molecule has 3 amide bonds. The van der Waals surface area contributed by atoms with Gasteiger partial charge in [-0.25, -0.2) is 14.2 Å². The van der Waals surface area contributed by atoms with Gasteiger partial charge in [-0.05, 0) is 12.1 Å². The van der Waals surface area contributed by atoms with Crippen LogP contribution >= 0.6 is 0 Å². The number of halogens is 1. The Bertz CT molecular complexity index is 653. The van der Waals surface area contributed by atoms with Crippen molar-refractivity contribution in [3.8, 4) is 5.88 Å². The highest BCUT2D eigenvalue weighted by Crippen LogP contribution is 2.25. The first kappa shape index (κ1) is 18.4. The first-order valence-electron chi connectivity index (χ1n) is 8.64. The van der Waals surface area contributed by atoms with Crippen LogP contribution in [0.5, 0.6) is 5.88 Å². The van der Waals surface area contributed by atoms with E-state index >= 15 is 0 Å². The van der Waals surface area contributed by atoms with Crippen LogP contribution < -0.4 is 10.1 Å². The number of nitrogens with one attached hydrogen (secondary N) is 1. The van der Waals surface area contributed by atoms with Gasteiger partial charge in [0.1, 0.15) is 11.7 Å². The molecule has 2 atom stereocenters. The van der Waals surface area contributed by atoms with Crippen molar-refractivity contribution in [2.75, 3.05) is 46.5 Å². The Kier molecular flexibility index (Phi) is 5.87. The Labute approximate surface area is 151 Å². The lowest BCUT2D eigenvalue weighted by Crippen LogP contribution is -2.50. The molecule has 0 bridgehead atoms. The van der Waals surface area contributed by atoms with Crippen molar-refractivity contribution in [2.45, 2.75) is 18.6 Å². The van der Waals surface area contributed by atoms with Crippen molar-refractivity contribution < 1.29 is 23.5 Å². The third-order valence-corrected chi connectivity index (χ3v) is 4.61. The molecular weight excluding hydrogens is 343 g/mol. The van der Waals surface area contributed by atoms with Crippen LogP contribution in [0.2, 0.25) is 0 Å². The summed E-state index contributed by atoms with van der Waals surface area (Å²) in [6.45, 7) is 2.26. The van der Waals surface area contributed by atoms with E-state index in [-0.39, 0.29) is 42.9 Å². The molecule has 1 N–H and O–H groups in total. The van der Waals surface area contributed by atoms with Gasteiger partial charge in [-0.1, -0.05) is 0 Å². The quantitative estimate of drug-likeness (QED) is 0.847. The second kappa shape index (κ2) is 8.31. The molecule has 142 valence electrons. The molecule has 9 heteroatoms. The summed E-state index contributed by atoms with van der Waals surface area (Å²) in [5.41, 5.74) is 0.286. The van der Waals surface area contributed by atoms with Gasteiger partial charge in [0.15, 0.2) is 0 Å². The van der Waals surface area contributed by atoms with E-state index < -0.39 is 12.2 Å². The Hall–Kier alpha value is -2.42. The lowest BCUT2D eigenvalue weighted by Gasteiger charge is -2.29. The molecule has 0 radical (unpaired) electrons. The second-order valence-electron chi connectivity index (χ2n) is 6.29. The summed E-state index contributed by atoms with van der Waals surface area (Å²) in [4.78, 5) is 32.2. The molecule has 2 aliphatic rings. The molecule has 0 aromatic carbocycles. The van der Waals surface area contributed by atoms with Gasteiger partial charge < -0.3 is 24.6 Å². The average Bonchev–Trinajstić information content (AvgIpc) is 3.06. The molecule has 1 aromatic heterocycles. The van der Waals surface area contributed by atoms with Crippen molar-refractivity contribution in [1.29, 1.82) is 0 Å². The van der Waals surface area contributed by atoms with Crippen molar-refractivity contribution in [2.24, 2.45) is 0 Å². The molecule has 2 fully saturated rings. The maximum Gasteiger partial charge on any atom is 0.317 e. The first-order valence-corrected chi connectivity index (χ1v) is 8.64. The highest BCUT2D eigenvalue weighted by atomic mass is 19.1. The summed E-state index contributed by atoms with van der Waals surface area (Å²) in [5, 5.41) is 2.80. The molecule has 1 aromatic rings. The van der Waals surface area contributed by atoms with Gasteiger partial charge in [-0.3, -0.25) is 4.79 Å². The van der Waals surface area contributed by atoms with E-state index in [2.05, 4.69) is 10.3 Å². The van der Waals surface area contributed by atoms with Crippen LogP contribution in [0, 0.1) is 0 Å². The highest BCUT2D eigenvalue weighted by Gasteiger charge is 2.37.